The molecule has 108 valence electrons. The Labute approximate surface area is 118 Å². The van der Waals surface area contributed by atoms with Crippen LogP contribution in [-0.2, 0) is 0 Å². The van der Waals surface area contributed by atoms with Crippen LogP contribution in [0.25, 0.3) is 0 Å². The number of rotatable bonds is 8. The van der Waals surface area contributed by atoms with Crippen LogP contribution in [0.5, 0.6) is 0 Å². The minimum Gasteiger partial charge on any atom is -0.386 e. The minimum absolute atomic E-state index is 1.02. The number of aromatic nitrogens is 1. The lowest BCUT2D eigenvalue weighted by Crippen LogP contribution is -1.96. The second kappa shape index (κ2) is 12.9. The Hall–Kier alpha value is -1.51. The highest BCUT2D eigenvalue weighted by atomic mass is 14.9. The number of allylic oxidation sites excluding steroid dienone is 1. The van der Waals surface area contributed by atoms with E-state index < -0.39 is 0 Å². The van der Waals surface area contributed by atoms with Crippen LogP contribution in [0.15, 0.2) is 31.1 Å². The molecule has 0 aliphatic heterocycles. The van der Waals surface area contributed by atoms with E-state index in [9.17, 15) is 0 Å². The SMILES string of the molecule is C=CCCCCCCC.CNc1ccncc1NC. The highest BCUT2D eigenvalue weighted by molar-refractivity contribution is 5.66. The number of hydrogen-bond donors (Lipinski definition) is 2. The lowest BCUT2D eigenvalue weighted by Gasteiger charge is -2.05. The first kappa shape index (κ1) is 17.5. The maximum Gasteiger partial charge on any atom is 0.0759 e. The third kappa shape index (κ3) is 9.11. The van der Waals surface area contributed by atoms with Gasteiger partial charge in [-0.25, -0.2) is 0 Å². The molecule has 1 aromatic heterocycles. The van der Waals surface area contributed by atoms with Crippen molar-refractivity contribution in [1.82, 2.24) is 4.98 Å². The zero-order chi connectivity index (χ0) is 14.3. The molecule has 0 saturated carbocycles. The fourth-order valence-corrected chi connectivity index (χ4v) is 1.70. The van der Waals surface area contributed by atoms with E-state index in [4.69, 9.17) is 0 Å². The maximum atomic E-state index is 3.96. The first-order valence-electron chi connectivity index (χ1n) is 7.20. The van der Waals surface area contributed by atoms with Gasteiger partial charge in [-0.2, -0.15) is 0 Å². The summed E-state index contributed by atoms with van der Waals surface area (Å²) in [6.07, 6.45) is 13.6. The molecule has 1 heterocycles. The molecule has 0 radical (unpaired) electrons. The van der Waals surface area contributed by atoms with Gasteiger partial charge in [-0.15, -0.1) is 6.58 Å². The lowest BCUT2D eigenvalue weighted by atomic mass is 10.1. The summed E-state index contributed by atoms with van der Waals surface area (Å²) in [4.78, 5) is 3.96. The van der Waals surface area contributed by atoms with E-state index in [1.807, 2.05) is 26.2 Å². The smallest absolute Gasteiger partial charge is 0.0759 e. The number of anilines is 2. The van der Waals surface area contributed by atoms with Gasteiger partial charge in [0.05, 0.1) is 17.6 Å². The zero-order valence-electron chi connectivity index (χ0n) is 12.7. The van der Waals surface area contributed by atoms with Crippen molar-refractivity contribution in [3.05, 3.63) is 31.1 Å². The van der Waals surface area contributed by atoms with E-state index in [0.717, 1.165) is 11.4 Å². The first-order valence-corrected chi connectivity index (χ1v) is 7.20. The molecule has 3 nitrogen and oxygen atoms in total. The molecule has 0 aromatic carbocycles. The molecular formula is C16H29N3. The normalized spacial score (nSPS) is 9.21. The third-order valence-corrected chi connectivity index (χ3v) is 2.87. The molecule has 3 heteroatoms. The van der Waals surface area contributed by atoms with Crippen molar-refractivity contribution >= 4 is 11.4 Å². The zero-order valence-corrected chi connectivity index (χ0v) is 12.7. The fourth-order valence-electron chi connectivity index (χ4n) is 1.70. The van der Waals surface area contributed by atoms with Crippen molar-refractivity contribution in [3.63, 3.8) is 0 Å². The Bertz CT molecular complexity index is 301. The van der Waals surface area contributed by atoms with E-state index in [1.165, 1.54) is 38.5 Å². The summed E-state index contributed by atoms with van der Waals surface area (Å²) >= 11 is 0. The molecule has 0 aliphatic carbocycles. The molecule has 0 unspecified atom stereocenters. The second-order valence-corrected chi connectivity index (χ2v) is 4.41. The monoisotopic (exact) mass is 263 g/mol. The van der Waals surface area contributed by atoms with Crippen molar-refractivity contribution < 1.29 is 0 Å². The second-order valence-electron chi connectivity index (χ2n) is 4.41. The van der Waals surface area contributed by atoms with Gasteiger partial charge in [-0.3, -0.25) is 4.98 Å². The summed E-state index contributed by atoms with van der Waals surface area (Å²) in [6, 6.07) is 1.92. The van der Waals surface area contributed by atoms with Gasteiger partial charge < -0.3 is 10.6 Å². The van der Waals surface area contributed by atoms with Gasteiger partial charge in [0.1, 0.15) is 0 Å². The van der Waals surface area contributed by atoms with E-state index in [0.29, 0.717) is 0 Å². The number of nitrogens with zero attached hydrogens (tertiary/aromatic N) is 1. The van der Waals surface area contributed by atoms with E-state index in [1.54, 1.807) is 12.4 Å². The van der Waals surface area contributed by atoms with Crippen LogP contribution in [0.3, 0.4) is 0 Å². The average molecular weight is 263 g/mol. The van der Waals surface area contributed by atoms with Gasteiger partial charge in [0.15, 0.2) is 0 Å². The van der Waals surface area contributed by atoms with Crippen LogP contribution in [0.1, 0.15) is 45.4 Å². The molecule has 19 heavy (non-hydrogen) atoms. The Balaban J connectivity index is 0.000000344. The van der Waals surface area contributed by atoms with Crippen LogP contribution in [0.4, 0.5) is 11.4 Å². The molecule has 2 N–H and O–H groups in total. The van der Waals surface area contributed by atoms with Crippen molar-refractivity contribution in [2.75, 3.05) is 24.7 Å². The Morgan fingerprint density at radius 2 is 1.79 bits per heavy atom. The number of nitrogens with one attached hydrogen (secondary N) is 2. The number of pyridine rings is 1. The summed E-state index contributed by atoms with van der Waals surface area (Å²) in [5.41, 5.74) is 2.09. The van der Waals surface area contributed by atoms with Crippen LogP contribution in [-0.4, -0.2) is 19.1 Å². The largest absolute Gasteiger partial charge is 0.386 e. The molecule has 0 fully saturated rings. The summed E-state index contributed by atoms with van der Waals surface area (Å²) in [5, 5.41) is 6.07. The predicted molar refractivity (Wildman–Crippen MR) is 86.9 cm³/mol. The molecule has 0 atom stereocenters. The Morgan fingerprint density at radius 3 is 2.32 bits per heavy atom. The minimum atomic E-state index is 1.02. The van der Waals surface area contributed by atoms with Crippen molar-refractivity contribution in [2.45, 2.75) is 45.4 Å². The van der Waals surface area contributed by atoms with Gasteiger partial charge >= 0.3 is 0 Å². The first-order chi connectivity index (χ1) is 9.29. The molecule has 0 saturated heterocycles. The van der Waals surface area contributed by atoms with Crippen molar-refractivity contribution in [1.29, 1.82) is 0 Å². The van der Waals surface area contributed by atoms with Crippen molar-refractivity contribution in [2.24, 2.45) is 0 Å². The molecular weight excluding hydrogens is 234 g/mol. The van der Waals surface area contributed by atoms with Crippen molar-refractivity contribution in [3.8, 4) is 0 Å². The quantitative estimate of drug-likeness (QED) is 0.527. The van der Waals surface area contributed by atoms with Crippen LogP contribution in [0.2, 0.25) is 0 Å². The number of unbranched alkanes of at least 4 members (excludes halogenated alkanes) is 5. The van der Waals surface area contributed by atoms with Gasteiger partial charge in [0, 0.05) is 20.3 Å². The molecule has 0 bridgehead atoms. The highest BCUT2D eigenvalue weighted by Gasteiger charge is 1.94. The Kier molecular flexibility index (Phi) is 11.9. The summed E-state index contributed by atoms with van der Waals surface area (Å²) in [5.74, 6) is 0. The van der Waals surface area contributed by atoms with Gasteiger partial charge in [0.2, 0.25) is 0 Å². The lowest BCUT2D eigenvalue weighted by molar-refractivity contribution is 0.638. The van der Waals surface area contributed by atoms with Crippen LogP contribution in [0, 0.1) is 0 Å². The predicted octanol–water partition coefficient (Wildman–Crippen LogP) is 4.70. The van der Waals surface area contributed by atoms with Gasteiger partial charge in [-0.05, 0) is 18.9 Å². The van der Waals surface area contributed by atoms with Gasteiger partial charge in [0.25, 0.3) is 0 Å². The van der Waals surface area contributed by atoms with E-state index >= 15 is 0 Å². The third-order valence-electron chi connectivity index (χ3n) is 2.87. The highest BCUT2D eigenvalue weighted by Crippen LogP contribution is 2.16. The summed E-state index contributed by atoms with van der Waals surface area (Å²) in [6.45, 7) is 5.92. The molecule has 0 spiro atoms. The maximum absolute atomic E-state index is 3.96. The van der Waals surface area contributed by atoms with Gasteiger partial charge in [-0.1, -0.05) is 38.7 Å². The fraction of sp³-hybridized carbons (Fsp3) is 0.562. The Morgan fingerprint density at radius 1 is 1.11 bits per heavy atom. The standard InChI is InChI=1S/C9H18.C7H11N3/c1-3-5-7-9-8-6-4-2;1-8-6-3-4-10-5-7(6)9-2/h3H,1,4-9H2,2H3;3-5,9H,1-2H3,(H,8,10). The summed E-state index contributed by atoms with van der Waals surface area (Å²) < 4.78 is 0. The molecule has 1 rings (SSSR count). The topological polar surface area (TPSA) is 37.0 Å². The molecule has 0 aliphatic rings. The van der Waals surface area contributed by atoms with E-state index in [-0.39, 0.29) is 0 Å². The van der Waals surface area contributed by atoms with Crippen LogP contribution < -0.4 is 10.6 Å². The number of hydrogen-bond acceptors (Lipinski definition) is 3. The molecule has 0 amide bonds. The van der Waals surface area contributed by atoms with Crippen LogP contribution >= 0.6 is 0 Å². The average Bonchev–Trinajstić information content (AvgIpc) is 2.47. The molecule has 1 aromatic rings. The van der Waals surface area contributed by atoms with E-state index in [2.05, 4.69) is 29.1 Å². The summed E-state index contributed by atoms with van der Waals surface area (Å²) in [7, 11) is 3.76.